The summed E-state index contributed by atoms with van der Waals surface area (Å²) in [6, 6.07) is 9.19. The molecule has 0 saturated heterocycles. The number of amides is 1. The maximum Gasteiger partial charge on any atom is 0.261 e. The Kier molecular flexibility index (Phi) is 5.67. The van der Waals surface area contributed by atoms with Gasteiger partial charge < -0.3 is 5.32 Å². The van der Waals surface area contributed by atoms with Gasteiger partial charge in [-0.05, 0) is 55.3 Å². The minimum atomic E-state index is -3.98. The van der Waals surface area contributed by atoms with E-state index in [4.69, 9.17) is 11.6 Å². The van der Waals surface area contributed by atoms with Crippen molar-refractivity contribution in [3.05, 3.63) is 47.5 Å². The second-order valence-electron chi connectivity index (χ2n) is 6.35. The third kappa shape index (κ3) is 5.02. The number of carbonyl (C=O) groups is 1. The number of nitrogens with one attached hydrogen (secondary N) is 3. The molecule has 0 aromatic heterocycles. The minimum Gasteiger partial charge on any atom is -0.326 e. The van der Waals surface area contributed by atoms with E-state index in [0.717, 1.165) is 12.8 Å². The molecule has 28 heavy (non-hydrogen) atoms. The molecule has 0 radical (unpaired) electrons. The molecular formula is C17H18ClN3O5S2. The fourth-order valence-electron chi connectivity index (χ4n) is 2.37. The number of hydrogen-bond donors (Lipinski definition) is 3. The third-order valence-electron chi connectivity index (χ3n) is 3.88. The molecule has 0 bridgehead atoms. The Balaban J connectivity index is 1.78. The molecule has 3 N–H and O–H groups in total. The van der Waals surface area contributed by atoms with Gasteiger partial charge in [-0.2, -0.15) is 0 Å². The van der Waals surface area contributed by atoms with E-state index < -0.39 is 20.0 Å². The normalized spacial score (nSPS) is 14.5. The van der Waals surface area contributed by atoms with Crippen molar-refractivity contribution in [2.45, 2.75) is 35.6 Å². The maximum atomic E-state index is 12.6. The predicted octanol–water partition coefficient (Wildman–Crippen LogP) is 2.54. The summed E-state index contributed by atoms with van der Waals surface area (Å²) in [6.45, 7) is 1.34. The lowest BCUT2D eigenvalue weighted by Crippen LogP contribution is -2.25. The molecule has 0 atom stereocenters. The van der Waals surface area contributed by atoms with Gasteiger partial charge >= 0.3 is 0 Å². The Morgan fingerprint density at radius 1 is 0.964 bits per heavy atom. The van der Waals surface area contributed by atoms with Crippen LogP contribution in [0.4, 0.5) is 11.4 Å². The number of hydrogen-bond acceptors (Lipinski definition) is 5. The summed E-state index contributed by atoms with van der Waals surface area (Å²) in [4.78, 5) is 11.0. The zero-order valence-electron chi connectivity index (χ0n) is 14.8. The predicted molar refractivity (Wildman–Crippen MR) is 106 cm³/mol. The number of carbonyl (C=O) groups excluding carboxylic acids is 1. The lowest BCUT2D eigenvalue weighted by atomic mass is 10.3. The van der Waals surface area contributed by atoms with E-state index in [1.165, 1.54) is 49.4 Å². The highest BCUT2D eigenvalue weighted by Gasteiger charge is 2.28. The van der Waals surface area contributed by atoms with Gasteiger partial charge in [-0.3, -0.25) is 9.52 Å². The Labute approximate surface area is 168 Å². The van der Waals surface area contributed by atoms with E-state index in [2.05, 4.69) is 14.8 Å². The SMILES string of the molecule is CC(=O)Nc1ccc(NS(=O)(=O)c2ccc(S(=O)(=O)NC3CC3)cc2)c(Cl)c1. The molecule has 0 unspecified atom stereocenters. The second-order valence-corrected chi connectivity index (χ2v) is 10.2. The van der Waals surface area contributed by atoms with Crippen LogP contribution >= 0.6 is 11.6 Å². The highest BCUT2D eigenvalue weighted by atomic mass is 35.5. The Morgan fingerprint density at radius 3 is 2.04 bits per heavy atom. The van der Waals surface area contributed by atoms with Crippen LogP contribution in [0.15, 0.2) is 52.3 Å². The van der Waals surface area contributed by atoms with Gasteiger partial charge in [0.15, 0.2) is 0 Å². The molecule has 2 aromatic carbocycles. The molecule has 0 spiro atoms. The zero-order chi connectivity index (χ0) is 20.5. The summed E-state index contributed by atoms with van der Waals surface area (Å²) in [7, 11) is -7.64. The highest BCUT2D eigenvalue weighted by Crippen LogP contribution is 2.28. The summed E-state index contributed by atoms with van der Waals surface area (Å²) in [5.74, 6) is -0.282. The van der Waals surface area contributed by atoms with Crippen LogP contribution in [0.25, 0.3) is 0 Å². The Morgan fingerprint density at radius 2 is 1.54 bits per heavy atom. The number of sulfonamides is 2. The van der Waals surface area contributed by atoms with Crippen LogP contribution in [0.3, 0.4) is 0 Å². The van der Waals surface area contributed by atoms with Gasteiger partial charge in [-0.15, -0.1) is 0 Å². The molecule has 0 aliphatic heterocycles. The molecule has 1 amide bonds. The first-order valence-electron chi connectivity index (χ1n) is 8.29. The number of anilines is 2. The smallest absolute Gasteiger partial charge is 0.261 e. The standard InChI is InChI=1S/C17H18ClN3O5S2/c1-11(22)19-13-4-9-17(16(18)10-13)21-28(25,26)15-7-5-14(6-8-15)27(23,24)20-12-2-3-12/h4-10,12,20-21H,2-3H2,1H3,(H,19,22). The monoisotopic (exact) mass is 443 g/mol. The average molecular weight is 444 g/mol. The van der Waals surface area contributed by atoms with Gasteiger partial charge in [0.25, 0.3) is 10.0 Å². The summed E-state index contributed by atoms with van der Waals surface area (Å²) in [5, 5.41) is 2.64. The van der Waals surface area contributed by atoms with Crippen LogP contribution in [0.5, 0.6) is 0 Å². The average Bonchev–Trinajstić information content (AvgIpc) is 3.40. The molecule has 8 nitrogen and oxygen atoms in total. The van der Waals surface area contributed by atoms with Crippen molar-refractivity contribution in [2.75, 3.05) is 10.0 Å². The fourth-order valence-corrected chi connectivity index (χ4v) is 5.04. The molecule has 0 heterocycles. The Bertz CT molecular complexity index is 1110. The topological polar surface area (TPSA) is 121 Å². The molecule has 1 aliphatic rings. The summed E-state index contributed by atoms with van der Waals surface area (Å²) >= 11 is 6.08. The van der Waals surface area contributed by atoms with Crippen LogP contribution in [0, 0.1) is 0 Å². The summed E-state index contributed by atoms with van der Waals surface area (Å²) < 4.78 is 54.3. The van der Waals surface area contributed by atoms with Gasteiger partial charge in [0.1, 0.15) is 0 Å². The molecular weight excluding hydrogens is 426 g/mol. The van der Waals surface area contributed by atoms with Crippen molar-refractivity contribution >= 4 is 48.9 Å². The van der Waals surface area contributed by atoms with Gasteiger partial charge in [0, 0.05) is 18.7 Å². The number of rotatable bonds is 7. The van der Waals surface area contributed by atoms with Crippen LogP contribution in [0.1, 0.15) is 19.8 Å². The first-order valence-corrected chi connectivity index (χ1v) is 11.6. The van der Waals surface area contributed by atoms with Gasteiger partial charge in [-0.1, -0.05) is 11.6 Å². The molecule has 3 rings (SSSR count). The lowest BCUT2D eigenvalue weighted by Gasteiger charge is -2.12. The van der Waals surface area contributed by atoms with E-state index in [9.17, 15) is 21.6 Å². The van der Waals surface area contributed by atoms with E-state index >= 15 is 0 Å². The van der Waals surface area contributed by atoms with E-state index in [1.54, 1.807) is 0 Å². The fraction of sp³-hybridized carbons (Fsp3) is 0.235. The minimum absolute atomic E-state index is 0.00366. The molecule has 1 aliphatic carbocycles. The van der Waals surface area contributed by atoms with Crippen molar-refractivity contribution in [3.8, 4) is 0 Å². The maximum absolute atomic E-state index is 12.6. The van der Waals surface area contributed by atoms with E-state index in [1.807, 2.05) is 0 Å². The zero-order valence-corrected chi connectivity index (χ0v) is 17.2. The van der Waals surface area contributed by atoms with Crippen LogP contribution in [-0.2, 0) is 24.8 Å². The molecule has 1 saturated carbocycles. The number of halogens is 1. The quantitative estimate of drug-likeness (QED) is 0.607. The van der Waals surface area contributed by atoms with E-state index in [0.29, 0.717) is 5.69 Å². The van der Waals surface area contributed by atoms with Crippen molar-refractivity contribution in [2.24, 2.45) is 0 Å². The van der Waals surface area contributed by atoms with Crippen LogP contribution < -0.4 is 14.8 Å². The largest absolute Gasteiger partial charge is 0.326 e. The molecule has 2 aromatic rings. The van der Waals surface area contributed by atoms with Crippen molar-refractivity contribution in [1.29, 1.82) is 0 Å². The lowest BCUT2D eigenvalue weighted by molar-refractivity contribution is -0.114. The first kappa shape index (κ1) is 20.6. The van der Waals surface area contributed by atoms with Gasteiger partial charge in [0.2, 0.25) is 15.9 Å². The van der Waals surface area contributed by atoms with Crippen LogP contribution in [0.2, 0.25) is 5.02 Å². The second kappa shape index (κ2) is 7.70. The molecule has 11 heteroatoms. The summed E-state index contributed by atoms with van der Waals surface area (Å²) in [5.41, 5.74) is 0.557. The third-order valence-corrected chi connectivity index (χ3v) is 7.11. The molecule has 1 fully saturated rings. The van der Waals surface area contributed by atoms with E-state index in [-0.39, 0.29) is 32.5 Å². The van der Waals surface area contributed by atoms with Crippen molar-refractivity contribution in [3.63, 3.8) is 0 Å². The highest BCUT2D eigenvalue weighted by molar-refractivity contribution is 7.92. The number of benzene rings is 2. The van der Waals surface area contributed by atoms with Gasteiger partial charge in [-0.25, -0.2) is 21.6 Å². The van der Waals surface area contributed by atoms with Crippen LogP contribution in [-0.4, -0.2) is 28.8 Å². The van der Waals surface area contributed by atoms with Gasteiger partial charge in [0.05, 0.1) is 20.5 Å². The molecule has 150 valence electrons. The first-order chi connectivity index (χ1) is 13.1. The summed E-state index contributed by atoms with van der Waals surface area (Å²) in [6.07, 6.45) is 1.61. The van der Waals surface area contributed by atoms with Crippen molar-refractivity contribution in [1.82, 2.24) is 4.72 Å². The Hall–Kier alpha value is -2.14. The van der Waals surface area contributed by atoms with Crippen molar-refractivity contribution < 1.29 is 21.6 Å².